The van der Waals surface area contributed by atoms with Crippen LogP contribution >= 0.6 is 0 Å². The van der Waals surface area contributed by atoms with E-state index in [0.29, 0.717) is 12.8 Å². The smallest absolute Gasteiger partial charge is 0.107 e. The van der Waals surface area contributed by atoms with Crippen LogP contribution in [-0.4, -0.2) is 105 Å². The van der Waals surface area contributed by atoms with Gasteiger partial charge in [0, 0.05) is 20.0 Å². The van der Waals surface area contributed by atoms with Gasteiger partial charge in [0.25, 0.3) is 0 Å². The second-order valence-corrected chi connectivity index (χ2v) is 9.14. The van der Waals surface area contributed by atoms with Gasteiger partial charge in [-0.25, -0.2) is 0 Å². The van der Waals surface area contributed by atoms with Crippen molar-refractivity contribution in [3.05, 3.63) is 35.4 Å². The molecule has 0 amide bonds. The fraction of sp³-hybridized carbons (Fsp3) is 0.778. The molecule has 0 aromatic heterocycles. The van der Waals surface area contributed by atoms with E-state index in [1.807, 2.05) is 13.8 Å². The molecule has 0 spiro atoms. The van der Waals surface area contributed by atoms with Crippen LogP contribution in [0.5, 0.6) is 0 Å². The zero-order valence-corrected chi connectivity index (χ0v) is 21.9. The molecule has 36 heavy (non-hydrogen) atoms. The zero-order chi connectivity index (χ0) is 27.1. The molecule has 9 heteroatoms. The normalized spacial score (nSPS) is 32.1. The Balaban J connectivity index is 0.00000154. The summed E-state index contributed by atoms with van der Waals surface area (Å²) < 4.78 is 11.3. The van der Waals surface area contributed by atoms with Gasteiger partial charge in [-0.3, -0.25) is 0 Å². The summed E-state index contributed by atoms with van der Waals surface area (Å²) in [5, 5.41) is 65.5. The Hall–Kier alpha value is -1.14. The van der Waals surface area contributed by atoms with Crippen LogP contribution in [0.3, 0.4) is 0 Å². The fourth-order valence-corrected chi connectivity index (χ4v) is 4.67. The fourth-order valence-electron chi connectivity index (χ4n) is 4.67. The summed E-state index contributed by atoms with van der Waals surface area (Å²) in [5.41, 5.74) is 2.38. The topological polar surface area (TPSA) is 160 Å². The molecular weight excluding hydrogens is 468 g/mol. The second kappa shape index (κ2) is 18.2. The maximum Gasteiger partial charge on any atom is 0.107 e. The number of hydrogen-bond donors (Lipinski definition) is 7. The zero-order valence-electron chi connectivity index (χ0n) is 21.9. The summed E-state index contributed by atoms with van der Waals surface area (Å²) >= 11 is 0. The van der Waals surface area contributed by atoms with Crippen molar-refractivity contribution in [2.75, 3.05) is 20.3 Å². The van der Waals surface area contributed by atoms with Crippen molar-refractivity contribution >= 4 is 0 Å². The van der Waals surface area contributed by atoms with E-state index in [1.54, 1.807) is 0 Å². The van der Waals surface area contributed by atoms with E-state index in [-0.39, 0.29) is 32.2 Å². The minimum Gasteiger partial charge on any atom is -0.400 e. The lowest BCUT2D eigenvalue weighted by Gasteiger charge is -2.36. The molecule has 210 valence electrons. The molecule has 2 aliphatic heterocycles. The van der Waals surface area contributed by atoms with E-state index in [4.69, 9.17) is 14.6 Å². The predicted octanol–water partition coefficient (Wildman–Crippen LogP) is 0.710. The average molecular weight is 517 g/mol. The van der Waals surface area contributed by atoms with Crippen molar-refractivity contribution in [1.82, 2.24) is 0 Å². The lowest BCUT2D eigenvalue weighted by atomic mass is 9.93. The van der Waals surface area contributed by atoms with Gasteiger partial charge >= 0.3 is 0 Å². The summed E-state index contributed by atoms with van der Waals surface area (Å²) in [4.78, 5) is 0. The SMILES string of the molecule is CC.CO.OCC1CC(O)C(O)[C@@H](CCCc2ccc(CCCC3O[C@H](CO)C(O)C[C@@H]3O)cc2)O1. The molecule has 7 N–H and O–H groups in total. The van der Waals surface area contributed by atoms with Crippen molar-refractivity contribution in [1.29, 1.82) is 0 Å². The van der Waals surface area contributed by atoms with Crippen LogP contribution in [0.25, 0.3) is 0 Å². The third-order valence-corrected chi connectivity index (χ3v) is 6.65. The number of aliphatic hydroxyl groups excluding tert-OH is 7. The van der Waals surface area contributed by atoms with Gasteiger partial charge in [0.05, 0.1) is 49.8 Å². The Morgan fingerprint density at radius 1 is 0.667 bits per heavy atom. The van der Waals surface area contributed by atoms with E-state index in [0.717, 1.165) is 32.8 Å². The molecule has 0 saturated carbocycles. The number of rotatable bonds is 10. The standard InChI is InChI=1S/C24H38O8.C2H6.CH4O/c25-13-17-11-20(29)24(30)22(31-17)6-2-4-16-9-7-15(8-10-16)3-1-5-21-18(27)12-19(28)23(14-26)32-21;2*1-2/h7-10,17-30H,1-6,11-14H2;1-2H3;2H,1H3/t17?,18-,19?,20?,21?,22+,23+,24?;;/m0../s1. The lowest BCUT2D eigenvalue weighted by molar-refractivity contribution is -0.181. The van der Waals surface area contributed by atoms with Crippen LogP contribution in [0.15, 0.2) is 24.3 Å². The minimum atomic E-state index is -0.914. The van der Waals surface area contributed by atoms with Gasteiger partial charge in [0.2, 0.25) is 0 Å². The van der Waals surface area contributed by atoms with E-state index >= 15 is 0 Å². The summed E-state index contributed by atoms with van der Waals surface area (Å²) in [6.45, 7) is 3.60. The molecule has 1 aromatic rings. The van der Waals surface area contributed by atoms with Gasteiger partial charge in [0.1, 0.15) is 12.2 Å². The maximum absolute atomic E-state index is 10.1. The Morgan fingerprint density at radius 2 is 1.17 bits per heavy atom. The first-order chi connectivity index (χ1) is 17.4. The monoisotopic (exact) mass is 516 g/mol. The lowest BCUT2D eigenvalue weighted by Crippen LogP contribution is -2.49. The highest BCUT2D eigenvalue weighted by molar-refractivity contribution is 5.22. The van der Waals surface area contributed by atoms with Gasteiger partial charge < -0.3 is 45.2 Å². The molecule has 0 radical (unpaired) electrons. The van der Waals surface area contributed by atoms with Crippen LogP contribution in [0.1, 0.15) is 63.5 Å². The molecule has 2 saturated heterocycles. The number of benzene rings is 1. The molecule has 8 atom stereocenters. The van der Waals surface area contributed by atoms with Gasteiger partial charge in [-0.1, -0.05) is 38.1 Å². The van der Waals surface area contributed by atoms with Crippen LogP contribution < -0.4 is 0 Å². The number of hydrogen-bond acceptors (Lipinski definition) is 9. The first-order valence-corrected chi connectivity index (χ1v) is 13.2. The van der Waals surface area contributed by atoms with Crippen LogP contribution in [-0.2, 0) is 22.3 Å². The van der Waals surface area contributed by atoms with Crippen molar-refractivity contribution in [3.8, 4) is 0 Å². The van der Waals surface area contributed by atoms with Gasteiger partial charge in [-0.05, 0) is 49.7 Å². The molecule has 5 unspecified atom stereocenters. The summed E-state index contributed by atoms with van der Waals surface area (Å²) in [5.74, 6) is 0. The van der Waals surface area contributed by atoms with Gasteiger partial charge in [-0.15, -0.1) is 0 Å². The molecular formula is C27H48O9. The summed E-state index contributed by atoms with van der Waals surface area (Å²) in [6.07, 6.45) is -0.0916. The Kier molecular flexibility index (Phi) is 16.6. The van der Waals surface area contributed by atoms with E-state index in [9.17, 15) is 30.6 Å². The molecule has 1 aromatic carbocycles. The molecule has 3 rings (SSSR count). The number of ether oxygens (including phenoxy) is 2. The van der Waals surface area contributed by atoms with Gasteiger partial charge in [0.15, 0.2) is 0 Å². The van der Waals surface area contributed by atoms with E-state index < -0.39 is 42.7 Å². The number of aliphatic hydroxyl groups is 7. The molecule has 2 fully saturated rings. The maximum atomic E-state index is 10.1. The third kappa shape index (κ3) is 10.3. The molecule has 0 bridgehead atoms. The van der Waals surface area contributed by atoms with Crippen molar-refractivity contribution in [3.63, 3.8) is 0 Å². The minimum absolute atomic E-state index is 0.155. The average Bonchev–Trinajstić information content (AvgIpc) is 2.91. The second-order valence-electron chi connectivity index (χ2n) is 9.14. The van der Waals surface area contributed by atoms with Crippen LogP contribution in [0.4, 0.5) is 0 Å². The highest BCUT2D eigenvalue weighted by atomic mass is 16.5. The van der Waals surface area contributed by atoms with E-state index in [1.165, 1.54) is 11.1 Å². The predicted molar refractivity (Wildman–Crippen MR) is 137 cm³/mol. The van der Waals surface area contributed by atoms with Gasteiger partial charge in [-0.2, -0.15) is 0 Å². The highest BCUT2D eigenvalue weighted by Crippen LogP contribution is 2.25. The Bertz CT molecular complexity index is 672. The molecule has 0 aliphatic carbocycles. The number of aryl methyl sites for hydroxylation is 2. The molecule has 2 aliphatic rings. The highest BCUT2D eigenvalue weighted by Gasteiger charge is 2.36. The first kappa shape index (κ1) is 32.9. The third-order valence-electron chi connectivity index (χ3n) is 6.65. The largest absolute Gasteiger partial charge is 0.400 e. The Labute approximate surface area is 215 Å². The summed E-state index contributed by atoms with van der Waals surface area (Å²) in [7, 11) is 1.00. The van der Waals surface area contributed by atoms with Crippen molar-refractivity contribution in [2.24, 2.45) is 0 Å². The van der Waals surface area contributed by atoms with Crippen molar-refractivity contribution < 1.29 is 45.2 Å². The van der Waals surface area contributed by atoms with E-state index in [2.05, 4.69) is 24.3 Å². The Morgan fingerprint density at radius 3 is 1.67 bits per heavy atom. The first-order valence-electron chi connectivity index (χ1n) is 13.2. The quantitative estimate of drug-likeness (QED) is 0.238. The van der Waals surface area contributed by atoms with Crippen LogP contribution in [0.2, 0.25) is 0 Å². The molecule has 9 nitrogen and oxygen atoms in total. The summed E-state index contributed by atoms with van der Waals surface area (Å²) in [6, 6.07) is 8.35. The van der Waals surface area contributed by atoms with Crippen LogP contribution in [0, 0.1) is 0 Å². The molecule has 2 heterocycles. The van der Waals surface area contributed by atoms with Crippen molar-refractivity contribution in [2.45, 2.75) is 114 Å².